The zero-order valence-corrected chi connectivity index (χ0v) is 17.2. The van der Waals surface area contributed by atoms with Crippen molar-refractivity contribution in [3.63, 3.8) is 0 Å². The van der Waals surface area contributed by atoms with Gasteiger partial charge in [-0.2, -0.15) is 0 Å². The molecule has 1 heterocycles. The van der Waals surface area contributed by atoms with Gasteiger partial charge in [0.25, 0.3) is 0 Å². The van der Waals surface area contributed by atoms with E-state index in [1.165, 1.54) is 11.3 Å². The Hall–Kier alpha value is -2.53. The van der Waals surface area contributed by atoms with Crippen molar-refractivity contribution in [1.82, 2.24) is 4.90 Å². The third-order valence-corrected chi connectivity index (χ3v) is 5.29. The number of hydrogen-bond acceptors (Lipinski definition) is 4. The predicted molar refractivity (Wildman–Crippen MR) is 112 cm³/mol. The number of anilines is 1. The van der Waals surface area contributed by atoms with Gasteiger partial charge in [-0.25, -0.2) is 4.79 Å². The molecular formula is C23H30N2O3. The Labute approximate surface area is 167 Å². The zero-order chi connectivity index (χ0) is 20.3. The first-order valence-electron chi connectivity index (χ1n) is 9.81. The second kappa shape index (κ2) is 8.23. The van der Waals surface area contributed by atoms with Crippen molar-refractivity contribution in [2.45, 2.75) is 39.8 Å². The molecule has 1 N–H and O–H groups in total. The van der Waals surface area contributed by atoms with E-state index in [4.69, 9.17) is 4.74 Å². The molecule has 0 saturated carbocycles. The third kappa shape index (κ3) is 4.65. The summed E-state index contributed by atoms with van der Waals surface area (Å²) in [6, 6.07) is 14.8. The summed E-state index contributed by atoms with van der Waals surface area (Å²) in [5, 5.41) is 9.32. The van der Waals surface area contributed by atoms with Crippen LogP contribution >= 0.6 is 0 Å². The van der Waals surface area contributed by atoms with Gasteiger partial charge < -0.3 is 14.7 Å². The summed E-state index contributed by atoms with van der Waals surface area (Å²) < 4.78 is 5.81. The Balaban J connectivity index is 1.63. The minimum Gasteiger partial charge on any atom is -0.478 e. The number of carboxylic acid groups (broad SMARTS) is 1. The van der Waals surface area contributed by atoms with Crippen LogP contribution in [0.2, 0.25) is 0 Å². The summed E-state index contributed by atoms with van der Waals surface area (Å²) >= 11 is 0. The van der Waals surface area contributed by atoms with Gasteiger partial charge in [0.05, 0.1) is 0 Å². The molecule has 0 unspecified atom stereocenters. The van der Waals surface area contributed by atoms with E-state index in [9.17, 15) is 9.90 Å². The Kier molecular flexibility index (Phi) is 5.94. The lowest BCUT2D eigenvalue weighted by molar-refractivity contribution is -0.152. The molecule has 0 aliphatic carbocycles. The normalized spacial score (nSPS) is 15.5. The standard InChI is InChI=1S/C23H30N2O3/c1-17-14-19(15-18(2)21(17)28-23(3,4)22(26)27)16-24-10-12-25(13-11-24)20-8-6-5-7-9-20/h5-9,14-15H,10-13,16H2,1-4H3,(H,26,27). The van der Waals surface area contributed by atoms with E-state index in [-0.39, 0.29) is 0 Å². The molecule has 0 radical (unpaired) electrons. The number of ether oxygens (including phenoxy) is 1. The summed E-state index contributed by atoms with van der Waals surface area (Å²) in [5.41, 5.74) is 3.24. The number of carboxylic acids is 1. The first-order valence-corrected chi connectivity index (χ1v) is 9.81. The van der Waals surface area contributed by atoms with Gasteiger partial charge in [-0.15, -0.1) is 0 Å². The monoisotopic (exact) mass is 382 g/mol. The molecule has 0 atom stereocenters. The number of piperazine rings is 1. The van der Waals surface area contributed by atoms with E-state index < -0.39 is 11.6 Å². The number of hydrogen-bond donors (Lipinski definition) is 1. The molecule has 1 aliphatic rings. The van der Waals surface area contributed by atoms with Crippen molar-refractivity contribution in [3.05, 3.63) is 59.2 Å². The molecule has 5 heteroatoms. The third-order valence-electron chi connectivity index (χ3n) is 5.29. The summed E-state index contributed by atoms with van der Waals surface area (Å²) in [4.78, 5) is 16.3. The Bertz CT molecular complexity index is 802. The average molecular weight is 383 g/mol. The fourth-order valence-corrected chi connectivity index (χ4v) is 3.65. The highest BCUT2D eigenvalue weighted by atomic mass is 16.5. The molecule has 0 bridgehead atoms. The van der Waals surface area contributed by atoms with Crippen molar-refractivity contribution in [3.8, 4) is 5.75 Å². The highest BCUT2D eigenvalue weighted by Gasteiger charge is 2.30. The first-order chi connectivity index (χ1) is 13.3. The van der Waals surface area contributed by atoms with Crippen molar-refractivity contribution < 1.29 is 14.6 Å². The van der Waals surface area contributed by atoms with Crippen LogP contribution in [0.25, 0.3) is 0 Å². The number of para-hydroxylation sites is 1. The van der Waals surface area contributed by atoms with Crippen LogP contribution in [0.15, 0.2) is 42.5 Å². The van der Waals surface area contributed by atoms with E-state index in [1.54, 1.807) is 13.8 Å². The second-order valence-corrected chi connectivity index (χ2v) is 8.08. The number of nitrogens with zero attached hydrogens (tertiary/aromatic N) is 2. The molecule has 150 valence electrons. The van der Waals surface area contributed by atoms with Gasteiger partial charge in [0.15, 0.2) is 5.60 Å². The maximum absolute atomic E-state index is 11.4. The molecule has 2 aromatic carbocycles. The van der Waals surface area contributed by atoms with Gasteiger partial charge in [0.1, 0.15) is 5.75 Å². The van der Waals surface area contributed by atoms with Gasteiger partial charge in [-0.1, -0.05) is 30.3 Å². The maximum Gasteiger partial charge on any atom is 0.347 e. The van der Waals surface area contributed by atoms with E-state index in [0.29, 0.717) is 5.75 Å². The zero-order valence-electron chi connectivity index (χ0n) is 17.2. The van der Waals surface area contributed by atoms with Crippen LogP contribution in [-0.4, -0.2) is 47.8 Å². The van der Waals surface area contributed by atoms with Crippen LogP contribution in [0, 0.1) is 13.8 Å². The van der Waals surface area contributed by atoms with E-state index in [2.05, 4.69) is 52.3 Å². The van der Waals surface area contributed by atoms with Crippen LogP contribution in [0.4, 0.5) is 5.69 Å². The lowest BCUT2D eigenvalue weighted by Gasteiger charge is -2.36. The summed E-state index contributed by atoms with van der Waals surface area (Å²) in [6.45, 7) is 12.1. The van der Waals surface area contributed by atoms with Crippen molar-refractivity contribution in [2.75, 3.05) is 31.1 Å². The number of benzene rings is 2. The molecule has 2 aromatic rings. The lowest BCUT2D eigenvalue weighted by atomic mass is 10.0. The molecule has 1 fully saturated rings. The smallest absolute Gasteiger partial charge is 0.347 e. The molecular weight excluding hydrogens is 352 g/mol. The summed E-state index contributed by atoms with van der Waals surface area (Å²) in [5.74, 6) is -0.295. The molecule has 5 nitrogen and oxygen atoms in total. The molecule has 3 rings (SSSR count). The molecule has 1 saturated heterocycles. The predicted octanol–water partition coefficient (Wildman–Crippen LogP) is 3.87. The minimum absolute atomic E-state index is 0.671. The van der Waals surface area contributed by atoms with Crippen molar-refractivity contribution in [1.29, 1.82) is 0 Å². The van der Waals surface area contributed by atoms with E-state index >= 15 is 0 Å². The van der Waals surface area contributed by atoms with Gasteiger partial charge in [-0.05, 0) is 56.5 Å². The molecule has 0 amide bonds. The van der Waals surface area contributed by atoms with Gasteiger partial charge >= 0.3 is 5.97 Å². The largest absolute Gasteiger partial charge is 0.478 e. The molecule has 0 aromatic heterocycles. The number of aryl methyl sites for hydroxylation is 2. The minimum atomic E-state index is -1.25. The van der Waals surface area contributed by atoms with E-state index in [0.717, 1.165) is 43.9 Å². The van der Waals surface area contributed by atoms with Crippen LogP contribution < -0.4 is 9.64 Å². The average Bonchev–Trinajstić information content (AvgIpc) is 2.66. The van der Waals surface area contributed by atoms with Gasteiger partial charge in [0, 0.05) is 38.4 Å². The van der Waals surface area contributed by atoms with Crippen molar-refractivity contribution in [2.24, 2.45) is 0 Å². The summed E-state index contributed by atoms with van der Waals surface area (Å²) in [6.07, 6.45) is 0. The van der Waals surface area contributed by atoms with Crippen LogP contribution in [0.1, 0.15) is 30.5 Å². The topological polar surface area (TPSA) is 53.0 Å². The number of rotatable bonds is 6. The van der Waals surface area contributed by atoms with Crippen LogP contribution in [0.5, 0.6) is 5.75 Å². The quantitative estimate of drug-likeness (QED) is 0.822. The highest BCUT2D eigenvalue weighted by Crippen LogP contribution is 2.29. The first kappa shape index (κ1) is 20.2. The Morgan fingerprint density at radius 2 is 1.61 bits per heavy atom. The Morgan fingerprint density at radius 1 is 1.04 bits per heavy atom. The molecule has 28 heavy (non-hydrogen) atoms. The number of carbonyl (C=O) groups is 1. The summed E-state index contributed by atoms with van der Waals surface area (Å²) in [7, 11) is 0. The fraction of sp³-hybridized carbons (Fsp3) is 0.435. The highest BCUT2D eigenvalue weighted by molar-refractivity contribution is 5.77. The lowest BCUT2D eigenvalue weighted by Crippen LogP contribution is -2.46. The maximum atomic E-state index is 11.4. The Morgan fingerprint density at radius 3 is 2.14 bits per heavy atom. The van der Waals surface area contributed by atoms with Crippen LogP contribution in [0.3, 0.4) is 0 Å². The number of aliphatic carboxylic acids is 1. The van der Waals surface area contributed by atoms with Crippen molar-refractivity contribution >= 4 is 11.7 Å². The molecule has 1 aliphatic heterocycles. The SMILES string of the molecule is Cc1cc(CN2CCN(c3ccccc3)CC2)cc(C)c1OC(C)(C)C(=O)O. The molecule has 0 spiro atoms. The second-order valence-electron chi connectivity index (χ2n) is 8.08. The van der Waals surface area contributed by atoms with Gasteiger partial charge in [-0.3, -0.25) is 4.90 Å². The van der Waals surface area contributed by atoms with Crippen LogP contribution in [-0.2, 0) is 11.3 Å². The van der Waals surface area contributed by atoms with E-state index in [1.807, 2.05) is 13.8 Å². The van der Waals surface area contributed by atoms with Gasteiger partial charge in [0.2, 0.25) is 0 Å². The fourth-order valence-electron chi connectivity index (χ4n) is 3.65.